The lowest BCUT2D eigenvalue weighted by Gasteiger charge is -2.34. The molecule has 1 heterocycles. The van der Waals surface area contributed by atoms with E-state index in [1.165, 1.54) is 0 Å². The highest BCUT2D eigenvalue weighted by Crippen LogP contribution is 2.22. The summed E-state index contributed by atoms with van der Waals surface area (Å²) in [6.45, 7) is 3.11. The number of hydrogen-bond donors (Lipinski definition) is 2. The number of rotatable bonds is 4. The molecule has 0 spiro atoms. The zero-order valence-corrected chi connectivity index (χ0v) is 12.3. The number of halogens is 3. The topological polar surface area (TPSA) is 52.6 Å². The minimum absolute atomic E-state index is 0.133. The van der Waals surface area contributed by atoms with E-state index in [0.29, 0.717) is 13.1 Å². The number of benzene rings is 1. The van der Waals surface area contributed by atoms with Crippen LogP contribution < -0.4 is 5.32 Å². The first-order valence-corrected chi connectivity index (χ1v) is 7.23. The van der Waals surface area contributed by atoms with Crippen LogP contribution in [-0.4, -0.2) is 41.7 Å². The number of nitrogens with zero attached hydrogens (tertiary/aromatic N) is 1. The number of hydrogen-bond acceptors (Lipinski definition) is 3. The summed E-state index contributed by atoms with van der Waals surface area (Å²) >= 11 is 0. The molecule has 2 rings (SSSR count). The van der Waals surface area contributed by atoms with Crippen molar-refractivity contribution in [2.75, 3.05) is 25.0 Å². The third-order valence-electron chi connectivity index (χ3n) is 4.13. The van der Waals surface area contributed by atoms with E-state index in [-0.39, 0.29) is 18.2 Å². The Morgan fingerprint density at radius 2 is 1.95 bits per heavy atom. The molecule has 1 aliphatic heterocycles. The molecule has 1 fully saturated rings. The number of anilines is 1. The van der Waals surface area contributed by atoms with Gasteiger partial charge in [0.15, 0.2) is 17.5 Å². The minimum Gasteiger partial charge on any atom is -0.396 e. The molecule has 22 heavy (non-hydrogen) atoms. The third-order valence-corrected chi connectivity index (χ3v) is 4.13. The zero-order valence-electron chi connectivity index (χ0n) is 12.3. The number of piperidine rings is 1. The zero-order chi connectivity index (χ0) is 16.3. The molecular formula is C15H19F3N2O2. The van der Waals surface area contributed by atoms with Crippen LogP contribution in [0.4, 0.5) is 18.9 Å². The summed E-state index contributed by atoms with van der Waals surface area (Å²) in [5, 5.41) is 11.4. The Morgan fingerprint density at radius 3 is 2.55 bits per heavy atom. The molecule has 0 aliphatic carbocycles. The molecule has 7 heteroatoms. The Hall–Kier alpha value is -1.60. The van der Waals surface area contributed by atoms with Gasteiger partial charge in [0.25, 0.3) is 0 Å². The number of amides is 1. The van der Waals surface area contributed by atoms with Crippen molar-refractivity contribution in [1.29, 1.82) is 0 Å². The van der Waals surface area contributed by atoms with E-state index in [2.05, 4.69) is 5.32 Å². The maximum absolute atomic E-state index is 13.6. The van der Waals surface area contributed by atoms with E-state index in [9.17, 15) is 18.0 Å². The maximum atomic E-state index is 13.6. The van der Waals surface area contributed by atoms with E-state index in [1.807, 2.05) is 4.90 Å². The quantitative estimate of drug-likeness (QED) is 0.837. The SMILES string of the molecule is CC(C(=O)Nc1ccc(F)c(F)c1F)N1CCC(CO)CC1. The summed E-state index contributed by atoms with van der Waals surface area (Å²) in [7, 11) is 0. The molecule has 1 aliphatic rings. The molecule has 1 aromatic carbocycles. The molecule has 0 radical (unpaired) electrons. The Labute approximate surface area is 126 Å². The van der Waals surface area contributed by atoms with Crippen LogP contribution in [0.15, 0.2) is 12.1 Å². The summed E-state index contributed by atoms with van der Waals surface area (Å²) in [6, 6.07) is 1.24. The van der Waals surface area contributed by atoms with Crippen LogP contribution in [0.2, 0.25) is 0 Å². The van der Waals surface area contributed by atoms with Crippen molar-refractivity contribution in [3.63, 3.8) is 0 Å². The van der Waals surface area contributed by atoms with Gasteiger partial charge in [0, 0.05) is 6.61 Å². The fraction of sp³-hybridized carbons (Fsp3) is 0.533. The molecular weight excluding hydrogens is 297 g/mol. The first kappa shape index (κ1) is 16.8. The van der Waals surface area contributed by atoms with Crippen molar-refractivity contribution in [2.24, 2.45) is 5.92 Å². The Kier molecular flexibility index (Phi) is 5.42. The summed E-state index contributed by atoms with van der Waals surface area (Å²) in [5.41, 5.74) is -0.374. The third kappa shape index (κ3) is 3.59. The standard InChI is InChI=1S/C15H19F3N2O2/c1-9(20-6-4-10(8-21)5-7-20)15(22)19-12-3-2-11(16)13(17)14(12)18/h2-3,9-10,21H,4-8H2,1H3,(H,19,22). The summed E-state index contributed by atoms with van der Waals surface area (Å²) in [5.74, 6) is -4.54. The fourth-order valence-electron chi connectivity index (χ4n) is 2.55. The van der Waals surface area contributed by atoms with Crippen LogP contribution in [0.1, 0.15) is 19.8 Å². The van der Waals surface area contributed by atoms with Crippen LogP contribution >= 0.6 is 0 Å². The molecule has 1 unspecified atom stereocenters. The molecule has 0 aromatic heterocycles. The van der Waals surface area contributed by atoms with Gasteiger partial charge in [-0.15, -0.1) is 0 Å². The minimum atomic E-state index is -1.60. The van der Waals surface area contributed by atoms with Gasteiger partial charge in [-0.05, 0) is 50.9 Å². The molecule has 0 saturated carbocycles. The number of nitrogens with one attached hydrogen (secondary N) is 1. The number of aliphatic hydroxyl groups excluding tert-OH is 1. The molecule has 0 bridgehead atoms. The van der Waals surface area contributed by atoms with Gasteiger partial charge in [-0.1, -0.05) is 0 Å². The molecule has 1 atom stereocenters. The molecule has 1 saturated heterocycles. The van der Waals surface area contributed by atoms with Crippen molar-refractivity contribution in [2.45, 2.75) is 25.8 Å². The highest BCUT2D eigenvalue weighted by Gasteiger charge is 2.27. The molecule has 122 valence electrons. The largest absolute Gasteiger partial charge is 0.396 e. The van der Waals surface area contributed by atoms with E-state index in [0.717, 1.165) is 25.0 Å². The van der Waals surface area contributed by atoms with Crippen LogP contribution in [0.25, 0.3) is 0 Å². The van der Waals surface area contributed by atoms with Gasteiger partial charge in [-0.3, -0.25) is 9.69 Å². The first-order chi connectivity index (χ1) is 10.4. The van der Waals surface area contributed by atoms with Crippen molar-refractivity contribution in [1.82, 2.24) is 4.90 Å². The molecule has 1 aromatic rings. The second kappa shape index (κ2) is 7.11. The lowest BCUT2D eigenvalue weighted by molar-refractivity contribution is -0.121. The van der Waals surface area contributed by atoms with Crippen molar-refractivity contribution >= 4 is 11.6 Å². The van der Waals surface area contributed by atoms with Crippen LogP contribution in [0.5, 0.6) is 0 Å². The van der Waals surface area contributed by atoms with Crippen LogP contribution in [0.3, 0.4) is 0 Å². The Bertz CT molecular complexity index is 546. The van der Waals surface area contributed by atoms with Gasteiger partial charge < -0.3 is 10.4 Å². The summed E-state index contributed by atoms with van der Waals surface area (Å²) in [6.07, 6.45) is 1.57. The predicted octanol–water partition coefficient (Wildman–Crippen LogP) is 2.14. The second-order valence-corrected chi connectivity index (χ2v) is 5.55. The van der Waals surface area contributed by atoms with Gasteiger partial charge in [0.05, 0.1) is 11.7 Å². The lowest BCUT2D eigenvalue weighted by Crippen LogP contribution is -2.46. The normalized spacial score (nSPS) is 18.2. The Morgan fingerprint density at radius 1 is 1.32 bits per heavy atom. The fourth-order valence-corrected chi connectivity index (χ4v) is 2.55. The average Bonchev–Trinajstić information content (AvgIpc) is 2.54. The first-order valence-electron chi connectivity index (χ1n) is 7.23. The number of aliphatic hydroxyl groups is 1. The molecule has 1 amide bonds. The average molecular weight is 316 g/mol. The molecule has 2 N–H and O–H groups in total. The highest BCUT2D eigenvalue weighted by atomic mass is 19.2. The van der Waals surface area contributed by atoms with E-state index >= 15 is 0 Å². The highest BCUT2D eigenvalue weighted by molar-refractivity contribution is 5.94. The van der Waals surface area contributed by atoms with Crippen molar-refractivity contribution in [3.8, 4) is 0 Å². The predicted molar refractivity (Wildman–Crippen MR) is 75.8 cm³/mol. The smallest absolute Gasteiger partial charge is 0.241 e. The van der Waals surface area contributed by atoms with Crippen LogP contribution in [0, 0.1) is 23.4 Å². The summed E-state index contributed by atoms with van der Waals surface area (Å²) < 4.78 is 39.6. The van der Waals surface area contributed by atoms with Gasteiger partial charge in [-0.25, -0.2) is 13.2 Å². The van der Waals surface area contributed by atoms with Gasteiger partial charge in [-0.2, -0.15) is 0 Å². The van der Waals surface area contributed by atoms with Gasteiger partial charge in [0.1, 0.15) is 0 Å². The second-order valence-electron chi connectivity index (χ2n) is 5.55. The maximum Gasteiger partial charge on any atom is 0.241 e. The van der Waals surface area contributed by atoms with Gasteiger partial charge >= 0.3 is 0 Å². The van der Waals surface area contributed by atoms with E-state index in [4.69, 9.17) is 5.11 Å². The molecule has 4 nitrogen and oxygen atoms in total. The number of carbonyl (C=O) groups excluding carboxylic acids is 1. The monoisotopic (exact) mass is 316 g/mol. The Balaban J connectivity index is 1.99. The van der Waals surface area contributed by atoms with Crippen molar-refractivity contribution < 1.29 is 23.1 Å². The van der Waals surface area contributed by atoms with Gasteiger partial charge in [0.2, 0.25) is 5.91 Å². The van der Waals surface area contributed by atoms with Crippen LogP contribution in [-0.2, 0) is 4.79 Å². The van der Waals surface area contributed by atoms with E-state index in [1.54, 1.807) is 6.92 Å². The van der Waals surface area contributed by atoms with Crippen molar-refractivity contribution in [3.05, 3.63) is 29.6 Å². The lowest BCUT2D eigenvalue weighted by atomic mass is 9.97. The van der Waals surface area contributed by atoms with E-state index < -0.39 is 29.4 Å². The summed E-state index contributed by atoms with van der Waals surface area (Å²) in [4.78, 5) is 14.0. The number of likely N-dealkylation sites (tertiary alicyclic amines) is 1. The number of carbonyl (C=O) groups is 1.